The number of nitrogens with two attached hydrogens (primary N) is 1. The van der Waals surface area contributed by atoms with Crippen LogP contribution in [0.1, 0.15) is 32.4 Å². The lowest BCUT2D eigenvalue weighted by atomic mass is 10.1. The fourth-order valence-electron chi connectivity index (χ4n) is 1.47. The summed E-state index contributed by atoms with van der Waals surface area (Å²) in [6.45, 7) is 5.49. The van der Waals surface area contributed by atoms with Gasteiger partial charge in [-0.2, -0.15) is 0 Å². The van der Waals surface area contributed by atoms with E-state index in [0.29, 0.717) is 5.56 Å². The lowest BCUT2D eigenvalue weighted by Crippen LogP contribution is -2.36. The second kappa shape index (κ2) is 6.33. The van der Waals surface area contributed by atoms with Crippen LogP contribution >= 0.6 is 0 Å². The zero-order valence-electron chi connectivity index (χ0n) is 11.8. The van der Waals surface area contributed by atoms with E-state index in [0.717, 1.165) is 0 Å². The van der Waals surface area contributed by atoms with Crippen LogP contribution in [0.25, 0.3) is 0 Å². The Hall–Kier alpha value is -2.15. The molecule has 3 N–H and O–H groups in total. The summed E-state index contributed by atoms with van der Waals surface area (Å²) in [5.74, 6) is 0. The van der Waals surface area contributed by atoms with Crippen LogP contribution in [0, 0.1) is 10.1 Å². The van der Waals surface area contributed by atoms with Gasteiger partial charge in [-0.15, -0.1) is 0 Å². The number of benzene rings is 1. The fourth-order valence-corrected chi connectivity index (χ4v) is 1.47. The predicted octanol–water partition coefficient (Wildman–Crippen LogP) is 2.12. The Morgan fingerprint density at radius 2 is 1.95 bits per heavy atom. The minimum absolute atomic E-state index is 0.000974. The molecule has 0 aliphatic rings. The van der Waals surface area contributed by atoms with Crippen molar-refractivity contribution in [3.63, 3.8) is 0 Å². The molecule has 1 atom stereocenters. The van der Waals surface area contributed by atoms with Crippen LogP contribution in [0.5, 0.6) is 0 Å². The van der Waals surface area contributed by atoms with Crippen molar-refractivity contribution < 1.29 is 14.5 Å². The second-order valence-corrected chi connectivity index (χ2v) is 5.34. The normalized spacial score (nSPS) is 12.6. The maximum Gasteiger partial charge on any atom is 0.407 e. The Morgan fingerprint density at radius 1 is 1.40 bits per heavy atom. The average molecular weight is 281 g/mol. The molecule has 0 aliphatic heterocycles. The molecular formula is C13H19N3O4. The highest BCUT2D eigenvalue weighted by Gasteiger charge is 2.17. The topological polar surface area (TPSA) is 107 Å². The number of carbonyl (C=O) groups excluding carboxylic acids is 1. The zero-order valence-corrected chi connectivity index (χ0v) is 11.8. The van der Waals surface area contributed by atoms with Crippen molar-refractivity contribution in [2.45, 2.75) is 32.4 Å². The second-order valence-electron chi connectivity index (χ2n) is 5.34. The number of non-ortho nitro benzene ring substituents is 1. The number of carbonyl (C=O) groups is 1. The molecule has 0 saturated carbocycles. The molecule has 0 bridgehead atoms. The third-order valence-electron chi connectivity index (χ3n) is 2.40. The summed E-state index contributed by atoms with van der Waals surface area (Å²) in [6.07, 6.45) is -0.546. The monoisotopic (exact) mass is 281 g/mol. The van der Waals surface area contributed by atoms with E-state index in [1.165, 1.54) is 12.1 Å². The Balaban J connectivity index is 2.52. The van der Waals surface area contributed by atoms with Gasteiger partial charge in [0.05, 0.1) is 4.92 Å². The first-order valence-corrected chi connectivity index (χ1v) is 6.16. The maximum atomic E-state index is 11.5. The Bertz CT molecular complexity index is 479. The van der Waals surface area contributed by atoms with Crippen LogP contribution in [-0.2, 0) is 4.74 Å². The molecule has 0 aliphatic carbocycles. The van der Waals surface area contributed by atoms with Crippen LogP contribution < -0.4 is 11.1 Å². The average Bonchev–Trinajstić information content (AvgIpc) is 2.34. The van der Waals surface area contributed by atoms with Crippen LogP contribution in [0.3, 0.4) is 0 Å². The van der Waals surface area contributed by atoms with Crippen LogP contribution in [0.2, 0.25) is 0 Å². The SMILES string of the molecule is CC(C)(C)OC(=O)NC[C@H](N)c1ccc([N+](=O)[O-])cc1. The van der Waals surface area contributed by atoms with Gasteiger partial charge < -0.3 is 15.8 Å². The van der Waals surface area contributed by atoms with Crippen LogP contribution in [-0.4, -0.2) is 23.2 Å². The summed E-state index contributed by atoms with van der Waals surface area (Å²) in [4.78, 5) is 21.5. The van der Waals surface area contributed by atoms with Gasteiger partial charge in [0.15, 0.2) is 0 Å². The van der Waals surface area contributed by atoms with Gasteiger partial charge in [0.25, 0.3) is 5.69 Å². The van der Waals surface area contributed by atoms with Crippen molar-refractivity contribution in [3.8, 4) is 0 Å². The molecule has 0 aromatic heterocycles. The van der Waals surface area contributed by atoms with E-state index in [2.05, 4.69) is 5.32 Å². The van der Waals surface area contributed by atoms with E-state index >= 15 is 0 Å². The van der Waals surface area contributed by atoms with E-state index in [4.69, 9.17) is 10.5 Å². The highest BCUT2D eigenvalue weighted by atomic mass is 16.6. The molecule has 7 heteroatoms. The first-order valence-electron chi connectivity index (χ1n) is 6.16. The molecule has 1 aromatic rings. The summed E-state index contributed by atoms with van der Waals surface area (Å²) in [7, 11) is 0. The molecule has 1 amide bonds. The third-order valence-corrected chi connectivity index (χ3v) is 2.40. The number of nitrogens with zero attached hydrogens (tertiary/aromatic N) is 1. The number of amides is 1. The lowest BCUT2D eigenvalue weighted by Gasteiger charge is -2.20. The molecule has 0 fully saturated rings. The number of ether oxygens (including phenoxy) is 1. The summed E-state index contributed by atoms with van der Waals surface area (Å²) in [5, 5.41) is 13.1. The number of nitro benzene ring substituents is 1. The standard InChI is InChI=1S/C13H19N3O4/c1-13(2,3)20-12(17)15-8-11(14)9-4-6-10(7-5-9)16(18)19/h4-7,11H,8,14H2,1-3H3,(H,15,17)/t11-/m0/s1. The number of rotatable bonds is 4. The third kappa shape index (κ3) is 5.23. The molecule has 0 heterocycles. The summed E-state index contributed by atoms with van der Waals surface area (Å²) >= 11 is 0. The summed E-state index contributed by atoms with van der Waals surface area (Å²) in [6, 6.07) is 5.44. The molecule has 20 heavy (non-hydrogen) atoms. The zero-order chi connectivity index (χ0) is 15.3. The number of alkyl carbamates (subject to hydrolysis) is 1. The number of nitro groups is 1. The smallest absolute Gasteiger partial charge is 0.407 e. The lowest BCUT2D eigenvalue weighted by molar-refractivity contribution is -0.384. The first-order chi connectivity index (χ1) is 9.19. The van der Waals surface area contributed by atoms with Gasteiger partial charge in [0, 0.05) is 24.7 Å². The van der Waals surface area contributed by atoms with Crippen LogP contribution in [0.15, 0.2) is 24.3 Å². The highest BCUT2D eigenvalue weighted by molar-refractivity contribution is 5.67. The predicted molar refractivity (Wildman–Crippen MR) is 74.3 cm³/mol. The van der Waals surface area contributed by atoms with E-state index in [1.807, 2.05) is 0 Å². The number of hydrogen-bond donors (Lipinski definition) is 2. The van der Waals surface area contributed by atoms with Gasteiger partial charge in [-0.05, 0) is 26.3 Å². The molecule has 0 unspecified atom stereocenters. The molecule has 0 radical (unpaired) electrons. The van der Waals surface area contributed by atoms with Gasteiger partial charge >= 0.3 is 6.09 Å². The molecular weight excluding hydrogens is 262 g/mol. The molecule has 1 aromatic carbocycles. The van der Waals surface area contributed by atoms with E-state index in [-0.39, 0.29) is 12.2 Å². The minimum atomic E-state index is -0.568. The first kappa shape index (κ1) is 15.9. The molecule has 0 spiro atoms. The number of nitrogens with one attached hydrogen (secondary N) is 1. The van der Waals surface area contributed by atoms with Gasteiger partial charge in [0.2, 0.25) is 0 Å². The molecule has 110 valence electrons. The molecule has 0 saturated heterocycles. The van der Waals surface area contributed by atoms with Crippen molar-refractivity contribution in [3.05, 3.63) is 39.9 Å². The van der Waals surface area contributed by atoms with Crippen LogP contribution in [0.4, 0.5) is 10.5 Å². The minimum Gasteiger partial charge on any atom is -0.444 e. The molecule has 7 nitrogen and oxygen atoms in total. The van der Waals surface area contributed by atoms with Gasteiger partial charge in [-0.25, -0.2) is 4.79 Å². The Labute approximate surface area is 117 Å². The Morgan fingerprint density at radius 3 is 2.40 bits per heavy atom. The van der Waals surface area contributed by atoms with Crippen molar-refractivity contribution in [2.24, 2.45) is 5.73 Å². The van der Waals surface area contributed by atoms with E-state index in [9.17, 15) is 14.9 Å². The van der Waals surface area contributed by atoms with Gasteiger partial charge in [-0.1, -0.05) is 12.1 Å². The van der Waals surface area contributed by atoms with E-state index in [1.54, 1.807) is 32.9 Å². The van der Waals surface area contributed by atoms with E-state index < -0.39 is 22.7 Å². The maximum absolute atomic E-state index is 11.5. The van der Waals surface area contributed by atoms with Crippen molar-refractivity contribution >= 4 is 11.8 Å². The fraction of sp³-hybridized carbons (Fsp3) is 0.462. The quantitative estimate of drug-likeness (QED) is 0.649. The largest absolute Gasteiger partial charge is 0.444 e. The van der Waals surface area contributed by atoms with Crippen molar-refractivity contribution in [1.82, 2.24) is 5.32 Å². The van der Waals surface area contributed by atoms with Gasteiger partial charge in [-0.3, -0.25) is 10.1 Å². The number of hydrogen-bond acceptors (Lipinski definition) is 5. The van der Waals surface area contributed by atoms with Crippen molar-refractivity contribution in [2.75, 3.05) is 6.54 Å². The van der Waals surface area contributed by atoms with Gasteiger partial charge in [0.1, 0.15) is 5.60 Å². The summed E-state index contributed by atoms with van der Waals surface area (Å²) in [5.41, 5.74) is 6.03. The van der Waals surface area contributed by atoms with Crippen molar-refractivity contribution in [1.29, 1.82) is 0 Å². The summed E-state index contributed by atoms with van der Waals surface area (Å²) < 4.78 is 5.08. The Kier molecular flexibility index (Phi) is 5.04. The highest BCUT2D eigenvalue weighted by Crippen LogP contribution is 2.16. The molecule has 1 rings (SSSR count).